The summed E-state index contributed by atoms with van der Waals surface area (Å²) in [5.74, 6) is -0.201. The molecule has 520 valence electrons. The lowest BCUT2D eigenvalue weighted by Crippen LogP contribution is -2.45. The van der Waals surface area contributed by atoms with E-state index in [1.165, 1.54) is 276 Å². The molecule has 3 unspecified atom stereocenters. The van der Waals surface area contributed by atoms with Gasteiger partial charge in [-0.1, -0.05) is 369 Å². The van der Waals surface area contributed by atoms with Crippen molar-refractivity contribution in [2.75, 3.05) is 40.9 Å². The quantitative estimate of drug-likeness (QED) is 0.0272. The molecule has 0 saturated carbocycles. The average Bonchev–Trinajstić information content (AvgIpc) is 3.55. The van der Waals surface area contributed by atoms with Gasteiger partial charge in [0.1, 0.15) is 13.2 Å². The Kier molecular flexibility index (Phi) is 68.2. The summed E-state index contributed by atoms with van der Waals surface area (Å²) < 4.78 is 23.5. The predicted molar refractivity (Wildman–Crippen MR) is 390 cm³/mol. The van der Waals surface area contributed by atoms with E-state index in [2.05, 4.69) is 92.1 Å². The van der Waals surface area contributed by atoms with Gasteiger partial charge < -0.3 is 28.8 Å². The lowest BCUT2D eigenvalue weighted by Gasteiger charge is -2.29. The van der Waals surface area contributed by atoms with Gasteiger partial charge in [-0.25, -0.2) is 0 Å². The van der Waals surface area contributed by atoms with E-state index in [1.807, 2.05) is 27.2 Å². The second-order valence-electron chi connectivity index (χ2n) is 27.3. The Balaban J connectivity index is 3.99. The molecule has 3 atom stereocenters. The van der Waals surface area contributed by atoms with Crippen LogP contribution < -0.4 is 10.2 Å². The summed E-state index contributed by atoms with van der Waals surface area (Å²) in [5, 5.41) is 14.0. The number of likely N-dealkylation sites (N-methyl/N-ethyl adjacent to an activating group) is 1. The summed E-state index contributed by atoms with van der Waals surface area (Å²) in [5.41, 5.74) is 0. The first-order valence-electron chi connectivity index (χ1n) is 38.4. The van der Waals surface area contributed by atoms with Gasteiger partial charge in [-0.3, -0.25) is 9.36 Å². The highest BCUT2D eigenvalue weighted by molar-refractivity contribution is 7.45. The Hall–Kier alpha value is -2.32. The number of amides is 1. The number of phosphoric acid groups is 1. The SMILES string of the molecule is CC/C=C\C/C=C\C/C=C\C/C=C\C/C=C\CCCCCCCCCCCCCCCCCCCCCCCCCC(=O)NC(COP(=O)([O-])OCC[N+](C)(C)C)C(O)/C=C/CC/C=C/CCCCCCCCCCCCCCCCCCCCCCCC. The molecule has 1 amide bonds. The van der Waals surface area contributed by atoms with Crippen LogP contribution in [0.5, 0.6) is 0 Å². The number of hydrogen-bond acceptors (Lipinski definition) is 6. The first kappa shape index (κ1) is 86.7. The maximum absolute atomic E-state index is 13.1. The second-order valence-corrected chi connectivity index (χ2v) is 28.7. The van der Waals surface area contributed by atoms with Crippen LogP contribution in [-0.4, -0.2) is 68.5 Å². The number of phosphoric ester groups is 1. The third kappa shape index (κ3) is 73.0. The molecule has 0 radical (unpaired) electrons. The molecule has 2 N–H and O–H groups in total. The van der Waals surface area contributed by atoms with E-state index >= 15 is 0 Å². The number of allylic oxidation sites excluding steroid dienone is 13. The van der Waals surface area contributed by atoms with Crippen LogP contribution in [0.3, 0.4) is 0 Å². The predicted octanol–water partition coefficient (Wildman–Crippen LogP) is 24.4. The van der Waals surface area contributed by atoms with E-state index in [4.69, 9.17) is 9.05 Å². The summed E-state index contributed by atoms with van der Waals surface area (Å²) >= 11 is 0. The van der Waals surface area contributed by atoms with Crippen molar-refractivity contribution in [2.24, 2.45) is 0 Å². The Bertz CT molecular complexity index is 1730. The molecule has 8 nitrogen and oxygen atoms in total. The molecule has 0 saturated heterocycles. The Labute approximate surface area is 554 Å². The Morgan fingerprint density at radius 2 is 0.697 bits per heavy atom. The van der Waals surface area contributed by atoms with E-state index < -0.39 is 26.6 Å². The van der Waals surface area contributed by atoms with E-state index in [0.717, 1.165) is 70.6 Å². The van der Waals surface area contributed by atoms with Crippen molar-refractivity contribution in [3.8, 4) is 0 Å². The molecule has 0 aromatic carbocycles. The highest BCUT2D eigenvalue weighted by Crippen LogP contribution is 2.38. The molecule has 0 aliphatic heterocycles. The minimum atomic E-state index is -4.62. The Morgan fingerprint density at radius 3 is 1.04 bits per heavy atom. The molecule has 9 heteroatoms. The average molecular weight is 1270 g/mol. The molecular formula is C80H149N2O6P. The van der Waals surface area contributed by atoms with Gasteiger partial charge in [-0.15, -0.1) is 0 Å². The van der Waals surface area contributed by atoms with Crippen LogP contribution in [-0.2, 0) is 18.4 Å². The van der Waals surface area contributed by atoms with Crippen molar-refractivity contribution in [3.05, 3.63) is 85.1 Å². The smallest absolute Gasteiger partial charge is 0.268 e. The van der Waals surface area contributed by atoms with Gasteiger partial charge in [0.05, 0.1) is 39.9 Å². The number of aliphatic hydroxyl groups excluding tert-OH is 1. The number of aliphatic hydroxyl groups is 1. The van der Waals surface area contributed by atoms with Gasteiger partial charge in [-0.2, -0.15) is 0 Å². The molecule has 0 aliphatic rings. The Morgan fingerprint density at radius 1 is 0.404 bits per heavy atom. The number of nitrogens with zero attached hydrogens (tertiary/aromatic N) is 1. The fraction of sp³-hybridized carbons (Fsp3) is 0.812. The van der Waals surface area contributed by atoms with Crippen molar-refractivity contribution in [3.63, 3.8) is 0 Å². The standard InChI is InChI=1S/C80H149N2O6P/c1-6-8-10-12-14-16-18-20-22-24-26-28-30-32-34-36-37-38-39-40-41-42-43-44-45-46-48-50-52-54-56-58-60-62-64-66-68-70-72-74-80(84)81-78(77-88-89(85,86)87-76-75-82(3,4)5)79(83)73-71-69-67-65-63-61-59-57-55-53-51-49-47-35-33-31-29-27-25-23-21-19-17-15-13-11-9-7-2/h8,10,14,16,20,22,26,28,32,34,63,65,71,73,78-79,83H,6-7,9,11-13,15,17-19,21,23-25,27,29-31,33,35-62,64,66-70,72,74-77H2,1-5H3,(H-,81,84,85,86)/b10-8-,16-14-,22-20-,28-26-,34-32-,65-63+,73-71+. The second kappa shape index (κ2) is 70.0. The zero-order valence-electron chi connectivity index (χ0n) is 59.6. The van der Waals surface area contributed by atoms with E-state index in [1.54, 1.807) is 6.08 Å². The number of nitrogens with one attached hydrogen (secondary N) is 1. The van der Waals surface area contributed by atoms with Gasteiger partial charge >= 0.3 is 0 Å². The zero-order chi connectivity index (χ0) is 64.8. The fourth-order valence-corrected chi connectivity index (χ4v) is 12.2. The molecule has 89 heavy (non-hydrogen) atoms. The maximum Gasteiger partial charge on any atom is 0.268 e. The molecular weight excluding hydrogens is 1120 g/mol. The topological polar surface area (TPSA) is 108 Å². The number of unbranched alkanes of at least 4 members (excludes halogenated alkanes) is 46. The molecule has 0 spiro atoms. The van der Waals surface area contributed by atoms with Gasteiger partial charge in [0.25, 0.3) is 7.82 Å². The molecule has 0 aromatic rings. The summed E-state index contributed by atoms with van der Waals surface area (Å²) in [6.45, 7) is 4.56. The number of carbonyl (C=O) groups is 1. The minimum Gasteiger partial charge on any atom is -0.756 e. The molecule has 0 heterocycles. The van der Waals surface area contributed by atoms with E-state index in [-0.39, 0.29) is 12.5 Å². The first-order valence-corrected chi connectivity index (χ1v) is 39.9. The monoisotopic (exact) mass is 1270 g/mol. The number of quaternary nitrogens is 1. The molecule has 0 rings (SSSR count). The van der Waals surface area contributed by atoms with Gasteiger partial charge in [-0.05, 0) is 77.0 Å². The largest absolute Gasteiger partial charge is 0.756 e. The van der Waals surface area contributed by atoms with Gasteiger partial charge in [0.15, 0.2) is 0 Å². The third-order valence-corrected chi connectivity index (χ3v) is 18.3. The first-order chi connectivity index (χ1) is 43.5. The van der Waals surface area contributed by atoms with Crippen LogP contribution in [0.25, 0.3) is 0 Å². The van der Waals surface area contributed by atoms with Gasteiger partial charge in [0, 0.05) is 6.42 Å². The number of hydrogen-bond donors (Lipinski definition) is 2. The number of carbonyl (C=O) groups excluding carboxylic acids is 1. The van der Waals surface area contributed by atoms with Crippen LogP contribution >= 0.6 is 7.82 Å². The lowest BCUT2D eigenvalue weighted by atomic mass is 10.0. The molecule has 0 aromatic heterocycles. The van der Waals surface area contributed by atoms with Crippen LogP contribution in [0.1, 0.15) is 367 Å². The third-order valence-electron chi connectivity index (χ3n) is 17.3. The highest BCUT2D eigenvalue weighted by Gasteiger charge is 2.23. The van der Waals surface area contributed by atoms with Crippen LogP contribution in [0.15, 0.2) is 85.1 Å². The summed E-state index contributed by atoms with van der Waals surface area (Å²) in [6.07, 6.45) is 100. The van der Waals surface area contributed by atoms with Crippen molar-refractivity contribution >= 4 is 13.7 Å². The number of rotatable bonds is 71. The fourth-order valence-electron chi connectivity index (χ4n) is 11.4. The minimum absolute atomic E-state index is 0.00643. The van der Waals surface area contributed by atoms with Crippen LogP contribution in [0, 0.1) is 0 Å². The molecule has 0 aliphatic carbocycles. The van der Waals surface area contributed by atoms with Crippen molar-refractivity contribution in [1.82, 2.24) is 5.32 Å². The lowest BCUT2D eigenvalue weighted by molar-refractivity contribution is -0.870. The summed E-state index contributed by atoms with van der Waals surface area (Å²) in [7, 11) is 1.26. The van der Waals surface area contributed by atoms with Crippen LogP contribution in [0.2, 0.25) is 0 Å². The van der Waals surface area contributed by atoms with Crippen molar-refractivity contribution in [1.29, 1.82) is 0 Å². The van der Waals surface area contributed by atoms with E-state index in [0.29, 0.717) is 17.4 Å². The zero-order valence-corrected chi connectivity index (χ0v) is 60.5. The van der Waals surface area contributed by atoms with Crippen LogP contribution in [0.4, 0.5) is 0 Å². The molecule has 0 bridgehead atoms. The van der Waals surface area contributed by atoms with Crippen molar-refractivity contribution in [2.45, 2.75) is 379 Å². The van der Waals surface area contributed by atoms with Crippen molar-refractivity contribution < 1.29 is 32.9 Å². The highest BCUT2D eigenvalue weighted by atomic mass is 31.2. The summed E-state index contributed by atoms with van der Waals surface area (Å²) in [6, 6.07) is -0.907. The van der Waals surface area contributed by atoms with E-state index in [9.17, 15) is 19.4 Å². The normalized spacial score (nSPS) is 14.0. The summed E-state index contributed by atoms with van der Waals surface area (Å²) in [4.78, 5) is 25.7. The molecule has 0 fully saturated rings. The van der Waals surface area contributed by atoms with Gasteiger partial charge in [0.2, 0.25) is 5.91 Å². The maximum atomic E-state index is 13.1.